The smallest absolute Gasteiger partial charge is 0.253 e. The number of fused-ring (bicyclic) bond motifs is 3. The van der Waals surface area contributed by atoms with Gasteiger partial charge in [0.05, 0.1) is 10.6 Å². The first-order valence-electron chi connectivity index (χ1n) is 5.48. The Balaban J connectivity index is 0.00000108. The maximum absolute atomic E-state index is 11.9. The molecule has 1 aromatic rings. The minimum absolute atomic E-state index is 0. The Morgan fingerprint density at radius 3 is 2.88 bits per heavy atom. The van der Waals surface area contributed by atoms with E-state index >= 15 is 0 Å². The Kier molecular flexibility index (Phi) is 3.34. The van der Waals surface area contributed by atoms with E-state index in [-0.39, 0.29) is 24.4 Å². The van der Waals surface area contributed by atoms with Crippen molar-refractivity contribution < 1.29 is 4.79 Å². The molecule has 92 valence electrons. The minimum atomic E-state index is -0.0371. The number of nitrogens with one attached hydrogen (secondary N) is 2. The molecule has 0 aliphatic carbocycles. The molecule has 0 unspecified atom stereocenters. The highest BCUT2D eigenvalue weighted by Gasteiger charge is 2.37. The first-order chi connectivity index (χ1) is 7.66. The SMILES string of the molecule is Cc1cc(Cl)c2c(c1)[C@H]1CNC[C@@H]1NC2=O.Cl. The second-order valence-corrected chi connectivity index (χ2v) is 4.96. The van der Waals surface area contributed by atoms with E-state index in [9.17, 15) is 4.79 Å². The van der Waals surface area contributed by atoms with Gasteiger partial charge in [-0.2, -0.15) is 0 Å². The normalized spacial score (nSPS) is 25.6. The molecule has 0 radical (unpaired) electrons. The fourth-order valence-corrected chi connectivity index (χ4v) is 3.07. The lowest BCUT2D eigenvalue weighted by atomic mass is 9.85. The summed E-state index contributed by atoms with van der Waals surface area (Å²) in [5.41, 5.74) is 2.88. The molecule has 2 aliphatic heterocycles. The van der Waals surface area contributed by atoms with Crippen molar-refractivity contribution in [3.8, 4) is 0 Å². The molecule has 1 aromatic carbocycles. The number of hydrogen-bond donors (Lipinski definition) is 2. The van der Waals surface area contributed by atoms with Gasteiger partial charge in [0.25, 0.3) is 5.91 Å². The van der Waals surface area contributed by atoms with Crippen LogP contribution < -0.4 is 10.6 Å². The first-order valence-corrected chi connectivity index (χ1v) is 5.86. The van der Waals surface area contributed by atoms with Gasteiger partial charge in [0.1, 0.15) is 0 Å². The number of amides is 1. The molecule has 2 atom stereocenters. The molecule has 2 heterocycles. The second-order valence-electron chi connectivity index (χ2n) is 4.56. The lowest BCUT2D eigenvalue weighted by molar-refractivity contribution is 0.0924. The summed E-state index contributed by atoms with van der Waals surface area (Å²) in [6, 6.07) is 4.16. The van der Waals surface area contributed by atoms with E-state index in [1.54, 1.807) is 0 Å². The Morgan fingerprint density at radius 2 is 2.12 bits per heavy atom. The number of aryl methyl sites for hydroxylation is 1. The van der Waals surface area contributed by atoms with E-state index in [1.165, 1.54) is 0 Å². The molecule has 1 fully saturated rings. The van der Waals surface area contributed by atoms with Gasteiger partial charge in [-0.3, -0.25) is 4.79 Å². The van der Waals surface area contributed by atoms with E-state index in [2.05, 4.69) is 16.7 Å². The average Bonchev–Trinajstić information content (AvgIpc) is 2.64. The standard InChI is InChI=1S/C12H13ClN2O.ClH/c1-6-2-7-8-4-14-5-10(8)15-12(16)11(7)9(13)3-6;/h2-3,8,10,14H,4-5H2,1H3,(H,15,16);1H/t8-,10+;/m1./s1. The molecule has 1 amide bonds. The van der Waals surface area contributed by atoms with Gasteiger partial charge in [0, 0.05) is 25.0 Å². The van der Waals surface area contributed by atoms with Gasteiger partial charge in [-0.1, -0.05) is 17.7 Å². The van der Waals surface area contributed by atoms with Crippen LogP contribution in [0.4, 0.5) is 0 Å². The Bertz CT molecular complexity index is 476. The van der Waals surface area contributed by atoms with E-state index in [1.807, 2.05) is 13.0 Å². The summed E-state index contributed by atoms with van der Waals surface area (Å²) in [5, 5.41) is 6.88. The highest BCUT2D eigenvalue weighted by atomic mass is 35.5. The quantitative estimate of drug-likeness (QED) is 0.757. The van der Waals surface area contributed by atoms with Crippen LogP contribution in [0, 0.1) is 6.92 Å². The van der Waals surface area contributed by atoms with Crippen LogP contribution in [0.15, 0.2) is 12.1 Å². The van der Waals surface area contributed by atoms with Crippen LogP contribution in [0.1, 0.15) is 27.4 Å². The Hall–Kier alpha value is -0.770. The Labute approximate surface area is 111 Å². The second kappa shape index (κ2) is 4.48. The number of carbonyl (C=O) groups excluding carboxylic acids is 1. The lowest BCUT2D eigenvalue weighted by Crippen LogP contribution is -2.44. The molecule has 0 aromatic heterocycles. The lowest BCUT2D eigenvalue weighted by Gasteiger charge is -2.29. The van der Waals surface area contributed by atoms with Crippen LogP contribution in [-0.2, 0) is 0 Å². The summed E-state index contributed by atoms with van der Waals surface area (Å²) < 4.78 is 0. The Morgan fingerprint density at radius 1 is 1.35 bits per heavy atom. The molecule has 2 N–H and O–H groups in total. The van der Waals surface area contributed by atoms with Crippen LogP contribution in [0.3, 0.4) is 0 Å². The van der Waals surface area contributed by atoms with E-state index in [0.29, 0.717) is 16.5 Å². The van der Waals surface area contributed by atoms with Crippen molar-refractivity contribution >= 4 is 29.9 Å². The third-order valence-electron chi connectivity index (χ3n) is 3.42. The molecule has 3 rings (SSSR count). The average molecular weight is 273 g/mol. The van der Waals surface area contributed by atoms with Crippen molar-refractivity contribution in [3.63, 3.8) is 0 Å². The van der Waals surface area contributed by atoms with Crippen LogP contribution >= 0.6 is 24.0 Å². The largest absolute Gasteiger partial charge is 0.347 e. The van der Waals surface area contributed by atoms with Crippen molar-refractivity contribution in [2.75, 3.05) is 13.1 Å². The van der Waals surface area contributed by atoms with Crippen LogP contribution in [0.25, 0.3) is 0 Å². The third-order valence-corrected chi connectivity index (χ3v) is 3.72. The van der Waals surface area contributed by atoms with Crippen molar-refractivity contribution in [1.29, 1.82) is 0 Å². The molecule has 0 saturated carbocycles. The first kappa shape index (κ1) is 12.7. The topological polar surface area (TPSA) is 41.1 Å². The highest BCUT2D eigenvalue weighted by Crippen LogP contribution is 2.34. The van der Waals surface area contributed by atoms with Gasteiger partial charge in [-0.25, -0.2) is 0 Å². The molecular formula is C12H14Cl2N2O. The molecule has 3 nitrogen and oxygen atoms in total. The van der Waals surface area contributed by atoms with Crippen LogP contribution in [0.2, 0.25) is 5.02 Å². The molecule has 2 aliphatic rings. The zero-order valence-corrected chi connectivity index (χ0v) is 11.0. The number of benzene rings is 1. The number of halogens is 2. The summed E-state index contributed by atoms with van der Waals surface area (Å²) in [6.45, 7) is 3.77. The number of carbonyl (C=O) groups is 1. The maximum atomic E-state index is 11.9. The summed E-state index contributed by atoms with van der Waals surface area (Å²) in [7, 11) is 0. The zero-order chi connectivity index (χ0) is 11.3. The summed E-state index contributed by atoms with van der Waals surface area (Å²) in [5.74, 6) is 0.329. The molecule has 0 spiro atoms. The van der Waals surface area contributed by atoms with Crippen molar-refractivity contribution in [2.45, 2.75) is 18.9 Å². The summed E-state index contributed by atoms with van der Waals surface area (Å²) in [4.78, 5) is 11.9. The summed E-state index contributed by atoms with van der Waals surface area (Å²) >= 11 is 6.15. The van der Waals surface area contributed by atoms with Gasteiger partial charge < -0.3 is 10.6 Å². The molecule has 5 heteroatoms. The van der Waals surface area contributed by atoms with E-state index in [0.717, 1.165) is 24.2 Å². The van der Waals surface area contributed by atoms with Crippen molar-refractivity contribution in [2.24, 2.45) is 0 Å². The molecule has 17 heavy (non-hydrogen) atoms. The van der Waals surface area contributed by atoms with E-state index in [4.69, 9.17) is 11.6 Å². The van der Waals surface area contributed by atoms with Gasteiger partial charge >= 0.3 is 0 Å². The number of rotatable bonds is 0. The fraction of sp³-hybridized carbons (Fsp3) is 0.417. The fourth-order valence-electron chi connectivity index (χ4n) is 2.70. The minimum Gasteiger partial charge on any atom is -0.347 e. The van der Waals surface area contributed by atoms with E-state index < -0.39 is 0 Å². The summed E-state index contributed by atoms with van der Waals surface area (Å²) in [6.07, 6.45) is 0. The monoisotopic (exact) mass is 272 g/mol. The van der Waals surface area contributed by atoms with Crippen molar-refractivity contribution in [3.05, 3.63) is 33.8 Å². The van der Waals surface area contributed by atoms with Gasteiger partial charge in [-0.05, 0) is 24.1 Å². The van der Waals surface area contributed by atoms with Gasteiger partial charge in [-0.15, -0.1) is 12.4 Å². The van der Waals surface area contributed by atoms with Gasteiger partial charge in [0.15, 0.2) is 0 Å². The van der Waals surface area contributed by atoms with Crippen LogP contribution in [-0.4, -0.2) is 25.0 Å². The third kappa shape index (κ3) is 1.92. The molecule has 0 bridgehead atoms. The number of hydrogen-bond acceptors (Lipinski definition) is 2. The molecular weight excluding hydrogens is 259 g/mol. The van der Waals surface area contributed by atoms with Crippen molar-refractivity contribution in [1.82, 2.24) is 10.6 Å². The predicted molar refractivity (Wildman–Crippen MR) is 70.3 cm³/mol. The maximum Gasteiger partial charge on any atom is 0.253 e. The molecule has 1 saturated heterocycles. The highest BCUT2D eigenvalue weighted by molar-refractivity contribution is 6.34. The zero-order valence-electron chi connectivity index (χ0n) is 9.42. The predicted octanol–water partition coefficient (Wildman–Crippen LogP) is 1.87. The van der Waals surface area contributed by atoms with Crippen LogP contribution in [0.5, 0.6) is 0 Å². The van der Waals surface area contributed by atoms with Gasteiger partial charge in [0.2, 0.25) is 0 Å².